The second-order valence-corrected chi connectivity index (χ2v) is 7.69. The minimum Gasteiger partial charge on any atom is -0.497 e. The van der Waals surface area contributed by atoms with Gasteiger partial charge in [0.1, 0.15) is 5.75 Å². The van der Waals surface area contributed by atoms with Gasteiger partial charge in [0.05, 0.1) is 20.8 Å². The van der Waals surface area contributed by atoms with Gasteiger partial charge in [-0.25, -0.2) is 9.48 Å². The third-order valence-corrected chi connectivity index (χ3v) is 5.92. The van der Waals surface area contributed by atoms with Crippen LogP contribution in [-0.4, -0.2) is 42.8 Å². The van der Waals surface area contributed by atoms with E-state index in [1.807, 2.05) is 30.3 Å². The van der Waals surface area contributed by atoms with Crippen molar-refractivity contribution in [2.24, 2.45) is 0 Å². The molecule has 148 valence electrons. The quantitative estimate of drug-likeness (QED) is 0.821. The van der Waals surface area contributed by atoms with Crippen LogP contribution in [0.3, 0.4) is 0 Å². The van der Waals surface area contributed by atoms with E-state index in [9.17, 15) is 5.11 Å². The highest BCUT2D eigenvalue weighted by atomic mass is 16.5. The Morgan fingerprint density at radius 1 is 1.00 bits per heavy atom. The molecule has 2 aromatic carbocycles. The number of amidine groups is 1. The largest absolute Gasteiger partial charge is 0.497 e. The number of aliphatic hydroxyl groups is 1. The van der Waals surface area contributed by atoms with Crippen LogP contribution in [0.4, 0.5) is 5.69 Å². The summed E-state index contributed by atoms with van der Waals surface area (Å²) in [6.45, 7) is 3.39. The molecule has 0 amide bonds. The fourth-order valence-electron chi connectivity index (χ4n) is 4.37. The van der Waals surface area contributed by atoms with Crippen molar-refractivity contribution in [2.75, 3.05) is 32.2 Å². The van der Waals surface area contributed by atoms with E-state index in [0.717, 1.165) is 54.4 Å². The van der Waals surface area contributed by atoms with E-state index in [4.69, 9.17) is 9.47 Å². The summed E-state index contributed by atoms with van der Waals surface area (Å²) in [5.41, 5.74) is 2.01. The molecule has 0 aliphatic carbocycles. The molecule has 0 fully saturated rings. The minimum atomic E-state index is -1.05. The lowest BCUT2D eigenvalue weighted by Gasteiger charge is -2.24. The van der Waals surface area contributed by atoms with Crippen LogP contribution < -0.4 is 14.4 Å². The van der Waals surface area contributed by atoms with Crippen molar-refractivity contribution in [2.45, 2.75) is 38.3 Å². The van der Waals surface area contributed by atoms with Crippen molar-refractivity contribution in [3.05, 3.63) is 53.6 Å². The highest BCUT2D eigenvalue weighted by molar-refractivity contribution is 5.97. The summed E-state index contributed by atoms with van der Waals surface area (Å²) in [6.07, 6.45) is 4.32. The van der Waals surface area contributed by atoms with Gasteiger partial charge in [0.25, 0.3) is 11.6 Å². The van der Waals surface area contributed by atoms with E-state index >= 15 is 0 Å². The van der Waals surface area contributed by atoms with Gasteiger partial charge in [-0.05, 0) is 38.3 Å². The molecule has 2 aromatic rings. The Bertz CT molecular complexity index is 891. The molecule has 0 aromatic heterocycles. The predicted octanol–water partition coefficient (Wildman–Crippen LogP) is 3.66. The number of β-amino-alcohol motifs (C(OH)–C–C–N with tert-alkyl or cyclic N) is 1. The zero-order chi connectivity index (χ0) is 19.7. The molecule has 1 N–H and O–H groups in total. The zero-order valence-corrected chi connectivity index (χ0v) is 16.9. The van der Waals surface area contributed by atoms with Crippen molar-refractivity contribution in [3.63, 3.8) is 0 Å². The van der Waals surface area contributed by atoms with Crippen LogP contribution in [0, 0.1) is 6.92 Å². The van der Waals surface area contributed by atoms with Crippen LogP contribution in [0.1, 0.15) is 36.8 Å². The Morgan fingerprint density at radius 2 is 1.79 bits per heavy atom. The summed E-state index contributed by atoms with van der Waals surface area (Å²) in [5.74, 6) is 2.72. The average Bonchev–Trinajstić information content (AvgIpc) is 2.87. The lowest BCUT2D eigenvalue weighted by atomic mass is 10.0. The molecule has 2 aliphatic rings. The SMILES string of the molecule is COc1ccc(OC)c(N2C[C@@](O)(c3ccc(C)cc3)[N+]3=C2CCCCC3)c1. The van der Waals surface area contributed by atoms with E-state index in [1.54, 1.807) is 14.2 Å². The van der Waals surface area contributed by atoms with E-state index in [1.165, 1.54) is 12.0 Å². The second-order valence-electron chi connectivity index (χ2n) is 7.69. The molecule has 0 unspecified atom stereocenters. The van der Waals surface area contributed by atoms with Gasteiger partial charge in [-0.1, -0.05) is 29.8 Å². The summed E-state index contributed by atoms with van der Waals surface area (Å²) >= 11 is 0. The standard InChI is InChI=1S/C23H29N2O3/c1-17-8-10-18(11-9-17)23(26)16-24(22-7-5-4-6-14-25(22)23)20-15-19(27-2)12-13-21(20)28-3/h8-13,15,26H,4-7,14,16H2,1-3H3/q+1/t23-/m1/s1. The van der Waals surface area contributed by atoms with Gasteiger partial charge < -0.3 is 14.6 Å². The summed E-state index contributed by atoms with van der Waals surface area (Å²) < 4.78 is 13.3. The summed E-state index contributed by atoms with van der Waals surface area (Å²) in [4.78, 5) is 2.21. The molecule has 0 radical (unpaired) electrons. The van der Waals surface area contributed by atoms with Gasteiger partial charge in [0.15, 0.2) is 18.0 Å². The number of anilines is 1. The Hall–Kier alpha value is -2.53. The lowest BCUT2D eigenvalue weighted by molar-refractivity contribution is -0.658. The number of benzene rings is 2. The first-order chi connectivity index (χ1) is 13.6. The maximum absolute atomic E-state index is 11.9. The minimum absolute atomic E-state index is 0.467. The maximum atomic E-state index is 11.9. The number of ether oxygens (including phenoxy) is 2. The molecular weight excluding hydrogens is 352 g/mol. The first-order valence-corrected chi connectivity index (χ1v) is 9.99. The van der Waals surface area contributed by atoms with Gasteiger partial charge in [0, 0.05) is 18.1 Å². The number of methoxy groups -OCH3 is 2. The number of aryl methyl sites for hydroxylation is 1. The fourth-order valence-corrected chi connectivity index (χ4v) is 4.37. The first-order valence-electron chi connectivity index (χ1n) is 9.99. The molecule has 1 atom stereocenters. The summed E-state index contributed by atoms with van der Waals surface area (Å²) in [6, 6.07) is 14.1. The lowest BCUT2D eigenvalue weighted by Crippen LogP contribution is -2.41. The molecule has 2 aliphatic heterocycles. The van der Waals surface area contributed by atoms with Crippen LogP contribution >= 0.6 is 0 Å². The number of rotatable bonds is 4. The summed E-state index contributed by atoms with van der Waals surface area (Å²) in [7, 11) is 3.35. The third kappa shape index (κ3) is 3.14. The second kappa shape index (κ2) is 7.47. The van der Waals surface area contributed by atoms with Crippen molar-refractivity contribution >= 4 is 11.5 Å². The topological polar surface area (TPSA) is 44.9 Å². The molecular formula is C23H29N2O3+. The Balaban J connectivity index is 1.84. The Kier molecular flexibility index (Phi) is 5.02. The van der Waals surface area contributed by atoms with Crippen molar-refractivity contribution in [1.82, 2.24) is 0 Å². The maximum Gasteiger partial charge on any atom is 0.271 e. The monoisotopic (exact) mass is 381 g/mol. The van der Waals surface area contributed by atoms with Crippen LogP contribution in [0.2, 0.25) is 0 Å². The van der Waals surface area contributed by atoms with Gasteiger partial charge in [0.2, 0.25) is 0 Å². The molecule has 4 rings (SSSR count). The Labute approximate surface area is 166 Å². The molecule has 0 spiro atoms. The van der Waals surface area contributed by atoms with Gasteiger partial charge >= 0.3 is 0 Å². The third-order valence-electron chi connectivity index (χ3n) is 5.92. The number of hydrogen-bond acceptors (Lipinski definition) is 4. The Morgan fingerprint density at radius 3 is 2.50 bits per heavy atom. The molecule has 5 heteroatoms. The molecule has 2 heterocycles. The van der Waals surface area contributed by atoms with Gasteiger partial charge in [-0.3, -0.25) is 0 Å². The molecule has 28 heavy (non-hydrogen) atoms. The fraction of sp³-hybridized carbons (Fsp3) is 0.435. The molecule has 5 nitrogen and oxygen atoms in total. The van der Waals surface area contributed by atoms with Crippen molar-refractivity contribution in [3.8, 4) is 11.5 Å². The van der Waals surface area contributed by atoms with Crippen molar-refractivity contribution in [1.29, 1.82) is 0 Å². The van der Waals surface area contributed by atoms with Crippen LogP contribution in [0.5, 0.6) is 11.5 Å². The number of nitrogens with zero attached hydrogens (tertiary/aromatic N) is 2. The zero-order valence-electron chi connectivity index (χ0n) is 16.9. The van der Waals surface area contributed by atoms with Gasteiger partial charge in [-0.15, -0.1) is 0 Å². The summed E-state index contributed by atoms with van der Waals surface area (Å²) in [5, 5.41) is 11.9. The van der Waals surface area contributed by atoms with Crippen LogP contribution in [0.25, 0.3) is 0 Å². The van der Waals surface area contributed by atoms with E-state index in [0.29, 0.717) is 6.54 Å². The molecule has 0 saturated heterocycles. The molecule has 0 saturated carbocycles. The van der Waals surface area contributed by atoms with Crippen LogP contribution in [0.15, 0.2) is 42.5 Å². The highest BCUT2D eigenvalue weighted by Crippen LogP contribution is 2.40. The van der Waals surface area contributed by atoms with Gasteiger partial charge in [-0.2, -0.15) is 0 Å². The van der Waals surface area contributed by atoms with E-state index in [2.05, 4.69) is 28.5 Å². The van der Waals surface area contributed by atoms with Crippen LogP contribution in [-0.2, 0) is 5.72 Å². The highest BCUT2D eigenvalue weighted by Gasteiger charge is 2.52. The average molecular weight is 381 g/mol. The normalized spacial score (nSPS) is 22.1. The first kappa shape index (κ1) is 18.8. The predicted molar refractivity (Wildman–Crippen MR) is 111 cm³/mol. The van der Waals surface area contributed by atoms with E-state index < -0.39 is 5.72 Å². The van der Waals surface area contributed by atoms with Crippen molar-refractivity contribution < 1.29 is 19.2 Å². The smallest absolute Gasteiger partial charge is 0.271 e. The number of hydrogen-bond donors (Lipinski definition) is 1. The molecule has 0 bridgehead atoms. The van der Waals surface area contributed by atoms with E-state index in [-0.39, 0.29) is 0 Å².